The highest BCUT2D eigenvalue weighted by Gasteiger charge is 2.05. The summed E-state index contributed by atoms with van der Waals surface area (Å²) in [7, 11) is 0. The van der Waals surface area contributed by atoms with Crippen LogP contribution in [0.2, 0.25) is 0 Å². The second-order valence-corrected chi connectivity index (χ2v) is 5.34. The second-order valence-electron chi connectivity index (χ2n) is 4.05. The van der Waals surface area contributed by atoms with E-state index in [1.165, 1.54) is 4.88 Å². The van der Waals surface area contributed by atoms with E-state index in [9.17, 15) is 0 Å². The smallest absolute Gasteiger partial charge is 0.170 e. The quantitative estimate of drug-likeness (QED) is 0.389. The lowest BCUT2D eigenvalue weighted by Crippen LogP contribution is -2.12. The first kappa shape index (κ1) is 13.4. The first-order valence-corrected chi connectivity index (χ1v) is 6.55. The molecule has 0 unspecified atom stereocenters. The first-order valence-electron chi connectivity index (χ1n) is 5.74. The number of ether oxygens (including phenoxy) is 1. The summed E-state index contributed by atoms with van der Waals surface area (Å²) in [6.07, 6.45) is 0. The summed E-state index contributed by atoms with van der Waals surface area (Å²) >= 11 is 1.64. The molecule has 1 aromatic carbocycles. The number of oxime groups is 1. The molecule has 0 aliphatic carbocycles. The van der Waals surface area contributed by atoms with Crippen LogP contribution in [0.25, 0.3) is 0 Å². The minimum absolute atomic E-state index is 0.0812. The van der Waals surface area contributed by atoms with Crippen LogP contribution in [-0.4, -0.2) is 16.0 Å². The lowest BCUT2D eigenvalue weighted by molar-refractivity contribution is 0.305. The summed E-state index contributed by atoms with van der Waals surface area (Å²) in [5.41, 5.74) is 7.18. The Kier molecular flexibility index (Phi) is 4.01. The number of aromatic nitrogens is 1. The number of nitrogens with zero attached hydrogens (tertiary/aromatic N) is 2. The van der Waals surface area contributed by atoms with Crippen LogP contribution in [0.4, 0.5) is 0 Å². The Bertz CT molecular complexity index is 571. The van der Waals surface area contributed by atoms with Gasteiger partial charge in [-0.2, -0.15) is 0 Å². The molecule has 5 nitrogen and oxygen atoms in total. The molecule has 6 heteroatoms. The normalized spacial score (nSPS) is 11.6. The molecule has 1 aromatic heterocycles. The Morgan fingerprint density at radius 2 is 2.05 bits per heavy atom. The van der Waals surface area contributed by atoms with Crippen LogP contribution in [0, 0.1) is 13.8 Å². The van der Waals surface area contributed by atoms with Gasteiger partial charge in [0.15, 0.2) is 5.84 Å². The maximum Gasteiger partial charge on any atom is 0.170 e. The summed E-state index contributed by atoms with van der Waals surface area (Å²) in [6.45, 7) is 4.48. The molecule has 0 aliphatic rings. The minimum atomic E-state index is 0.0812. The molecule has 1 heterocycles. The summed E-state index contributed by atoms with van der Waals surface area (Å²) in [4.78, 5) is 5.61. The van der Waals surface area contributed by atoms with E-state index in [4.69, 9.17) is 15.7 Å². The number of hydrogen-bond acceptors (Lipinski definition) is 5. The van der Waals surface area contributed by atoms with E-state index in [1.807, 2.05) is 13.8 Å². The van der Waals surface area contributed by atoms with Gasteiger partial charge in [0.25, 0.3) is 0 Å². The third-order valence-corrected chi connectivity index (χ3v) is 3.74. The zero-order chi connectivity index (χ0) is 13.8. The summed E-state index contributed by atoms with van der Waals surface area (Å²) in [5.74, 6) is 0.803. The zero-order valence-corrected chi connectivity index (χ0v) is 11.6. The van der Waals surface area contributed by atoms with Crippen LogP contribution in [-0.2, 0) is 6.61 Å². The van der Waals surface area contributed by atoms with Gasteiger partial charge in [-0.3, -0.25) is 0 Å². The van der Waals surface area contributed by atoms with Crippen molar-refractivity contribution in [2.24, 2.45) is 10.9 Å². The lowest BCUT2D eigenvalue weighted by atomic mass is 10.2. The van der Waals surface area contributed by atoms with Gasteiger partial charge in [-0.15, -0.1) is 11.3 Å². The molecular formula is C13H15N3O2S. The van der Waals surface area contributed by atoms with Gasteiger partial charge in [0.05, 0.1) is 5.69 Å². The fourth-order valence-electron chi connectivity index (χ4n) is 1.53. The highest BCUT2D eigenvalue weighted by Crippen LogP contribution is 2.19. The Hall–Kier alpha value is -2.08. The van der Waals surface area contributed by atoms with Gasteiger partial charge in [-0.05, 0) is 38.1 Å². The standard InChI is InChI=1S/C13H15N3O2S/c1-8-9(2)19-12(15-8)7-18-11-5-3-10(4-6-11)13(14)16-17/h3-6,17H,7H2,1-2H3,(H2,14,16). The van der Waals surface area contributed by atoms with Crippen molar-refractivity contribution in [2.45, 2.75) is 20.5 Å². The van der Waals surface area contributed by atoms with Gasteiger partial charge < -0.3 is 15.7 Å². The van der Waals surface area contributed by atoms with Crippen LogP contribution in [0.1, 0.15) is 21.1 Å². The van der Waals surface area contributed by atoms with Crippen molar-refractivity contribution in [3.63, 3.8) is 0 Å². The van der Waals surface area contributed by atoms with Gasteiger partial charge in [-0.25, -0.2) is 4.98 Å². The van der Waals surface area contributed by atoms with Crippen molar-refractivity contribution in [1.29, 1.82) is 0 Å². The molecule has 0 saturated carbocycles. The average molecular weight is 277 g/mol. The summed E-state index contributed by atoms with van der Waals surface area (Å²) < 4.78 is 5.63. The number of nitrogens with two attached hydrogens (primary N) is 1. The van der Waals surface area contributed by atoms with Gasteiger partial charge in [0.1, 0.15) is 17.4 Å². The fourth-order valence-corrected chi connectivity index (χ4v) is 2.37. The third kappa shape index (κ3) is 3.23. The topological polar surface area (TPSA) is 80.7 Å². The van der Waals surface area contributed by atoms with Crippen molar-refractivity contribution in [3.8, 4) is 5.75 Å². The van der Waals surface area contributed by atoms with E-state index in [2.05, 4.69) is 10.1 Å². The molecule has 0 amide bonds. The molecule has 0 atom stereocenters. The van der Waals surface area contributed by atoms with E-state index in [-0.39, 0.29) is 5.84 Å². The van der Waals surface area contributed by atoms with Crippen molar-refractivity contribution in [1.82, 2.24) is 4.98 Å². The number of hydrogen-bond donors (Lipinski definition) is 2. The van der Waals surface area contributed by atoms with Crippen molar-refractivity contribution in [3.05, 3.63) is 45.4 Å². The Morgan fingerprint density at radius 3 is 2.58 bits per heavy atom. The van der Waals surface area contributed by atoms with Gasteiger partial charge in [0.2, 0.25) is 0 Å². The largest absolute Gasteiger partial charge is 0.486 e. The van der Waals surface area contributed by atoms with Crippen LogP contribution in [0.5, 0.6) is 5.75 Å². The Balaban J connectivity index is 2.00. The number of rotatable bonds is 4. The molecule has 100 valence electrons. The van der Waals surface area contributed by atoms with Gasteiger partial charge in [0, 0.05) is 10.4 Å². The molecule has 19 heavy (non-hydrogen) atoms. The fraction of sp³-hybridized carbons (Fsp3) is 0.231. The SMILES string of the molecule is Cc1nc(COc2ccc(C(N)=NO)cc2)sc1C. The van der Waals surface area contributed by atoms with E-state index < -0.39 is 0 Å². The third-order valence-electron chi connectivity index (χ3n) is 2.69. The van der Waals surface area contributed by atoms with Crippen molar-refractivity contribution >= 4 is 17.2 Å². The number of benzene rings is 1. The molecule has 0 saturated heterocycles. The lowest BCUT2D eigenvalue weighted by Gasteiger charge is -2.05. The number of aryl methyl sites for hydroxylation is 2. The van der Waals surface area contributed by atoms with Gasteiger partial charge >= 0.3 is 0 Å². The first-order chi connectivity index (χ1) is 9.10. The Labute approximate surface area is 115 Å². The van der Waals surface area contributed by atoms with Crippen molar-refractivity contribution in [2.75, 3.05) is 0 Å². The van der Waals surface area contributed by atoms with Crippen LogP contribution in [0.3, 0.4) is 0 Å². The highest BCUT2D eigenvalue weighted by atomic mass is 32.1. The minimum Gasteiger partial charge on any atom is -0.486 e. The van der Waals surface area contributed by atoms with Crippen molar-refractivity contribution < 1.29 is 9.94 Å². The monoisotopic (exact) mass is 277 g/mol. The summed E-state index contributed by atoms with van der Waals surface area (Å²) in [6, 6.07) is 7.03. The molecule has 2 rings (SSSR count). The summed E-state index contributed by atoms with van der Waals surface area (Å²) in [5, 5.41) is 12.5. The molecular weight excluding hydrogens is 262 g/mol. The second kappa shape index (κ2) is 5.71. The maximum absolute atomic E-state index is 8.56. The molecule has 0 bridgehead atoms. The molecule has 0 fully saturated rings. The van der Waals surface area contributed by atoms with Crippen LogP contribution >= 0.6 is 11.3 Å². The molecule has 3 N–H and O–H groups in total. The van der Waals surface area contributed by atoms with Gasteiger partial charge in [-0.1, -0.05) is 5.16 Å². The number of thiazole rings is 1. The number of amidine groups is 1. The predicted molar refractivity (Wildman–Crippen MR) is 74.9 cm³/mol. The predicted octanol–water partition coefficient (Wildman–Crippen LogP) is 2.43. The highest BCUT2D eigenvalue weighted by molar-refractivity contribution is 7.11. The molecule has 0 spiro atoms. The average Bonchev–Trinajstić information content (AvgIpc) is 2.75. The van der Waals surface area contributed by atoms with E-state index in [0.29, 0.717) is 12.2 Å². The van der Waals surface area contributed by atoms with Crippen LogP contribution in [0.15, 0.2) is 29.4 Å². The van der Waals surface area contributed by atoms with Crippen LogP contribution < -0.4 is 10.5 Å². The maximum atomic E-state index is 8.56. The zero-order valence-electron chi connectivity index (χ0n) is 10.8. The van der Waals surface area contributed by atoms with E-state index >= 15 is 0 Å². The molecule has 0 radical (unpaired) electrons. The van der Waals surface area contributed by atoms with E-state index in [0.717, 1.165) is 16.5 Å². The Morgan fingerprint density at radius 1 is 1.37 bits per heavy atom. The molecule has 0 aliphatic heterocycles. The van der Waals surface area contributed by atoms with E-state index in [1.54, 1.807) is 35.6 Å². The molecule has 2 aromatic rings.